The van der Waals surface area contributed by atoms with Crippen LogP contribution in [-0.2, 0) is 9.53 Å². The molecule has 2 aromatic rings. The first-order valence-electron chi connectivity index (χ1n) is 8.58. The Hall–Kier alpha value is -3.01. The molecule has 2 unspecified atom stereocenters. The SMILES string of the molecule is Cc1nc2cc(F)ccc2cc1C(=O)OC(C)C(=O)NC(C)(C#N)C(C)C. The minimum Gasteiger partial charge on any atom is -0.449 e. The number of nitrogens with zero attached hydrogens (tertiary/aromatic N) is 2. The van der Waals surface area contributed by atoms with E-state index in [0.29, 0.717) is 16.6 Å². The predicted octanol–water partition coefficient (Wildman–Crippen LogP) is 3.28. The largest absolute Gasteiger partial charge is 0.449 e. The molecule has 7 heteroatoms. The lowest BCUT2D eigenvalue weighted by Gasteiger charge is -2.28. The summed E-state index contributed by atoms with van der Waals surface area (Å²) in [6, 6.07) is 7.70. The number of aromatic nitrogens is 1. The Morgan fingerprint density at radius 2 is 1.96 bits per heavy atom. The molecule has 0 saturated heterocycles. The van der Waals surface area contributed by atoms with Gasteiger partial charge in [0.2, 0.25) is 0 Å². The minimum atomic E-state index is -1.09. The maximum Gasteiger partial charge on any atom is 0.340 e. The van der Waals surface area contributed by atoms with Gasteiger partial charge in [0.1, 0.15) is 11.4 Å². The van der Waals surface area contributed by atoms with Gasteiger partial charge < -0.3 is 10.1 Å². The Morgan fingerprint density at radius 1 is 1.30 bits per heavy atom. The molecule has 0 fully saturated rings. The highest BCUT2D eigenvalue weighted by atomic mass is 19.1. The van der Waals surface area contributed by atoms with E-state index in [1.54, 1.807) is 19.9 Å². The summed E-state index contributed by atoms with van der Waals surface area (Å²) in [4.78, 5) is 29.0. The molecule has 0 saturated carbocycles. The molecule has 1 aromatic carbocycles. The van der Waals surface area contributed by atoms with Crippen molar-refractivity contribution in [2.24, 2.45) is 5.92 Å². The molecule has 1 aromatic heterocycles. The standard InChI is InChI=1S/C20H22FN3O3/c1-11(2)20(5,10-22)24-18(25)13(4)27-19(26)16-8-14-6-7-15(21)9-17(14)23-12(16)3/h6-9,11,13H,1-5H3,(H,24,25). The van der Waals surface area contributed by atoms with Crippen molar-refractivity contribution in [2.75, 3.05) is 0 Å². The first-order valence-corrected chi connectivity index (χ1v) is 8.58. The maximum absolute atomic E-state index is 13.3. The molecule has 0 aliphatic heterocycles. The van der Waals surface area contributed by atoms with Crippen LogP contribution in [0.25, 0.3) is 10.9 Å². The fraction of sp³-hybridized carbons (Fsp3) is 0.400. The fourth-order valence-corrected chi connectivity index (χ4v) is 2.38. The molecule has 0 spiro atoms. The average molecular weight is 371 g/mol. The highest BCUT2D eigenvalue weighted by molar-refractivity contribution is 5.96. The van der Waals surface area contributed by atoms with E-state index in [9.17, 15) is 19.2 Å². The number of esters is 1. The van der Waals surface area contributed by atoms with Gasteiger partial charge in [-0.25, -0.2) is 9.18 Å². The lowest BCUT2D eigenvalue weighted by Crippen LogP contribution is -2.52. The zero-order valence-electron chi connectivity index (χ0n) is 16.0. The number of fused-ring (bicyclic) bond motifs is 1. The number of benzene rings is 1. The van der Waals surface area contributed by atoms with Gasteiger partial charge in [0.25, 0.3) is 5.91 Å². The number of pyridine rings is 1. The quantitative estimate of drug-likeness (QED) is 0.814. The van der Waals surface area contributed by atoms with Gasteiger partial charge in [0.05, 0.1) is 22.8 Å². The van der Waals surface area contributed by atoms with Gasteiger partial charge in [-0.1, -0.05) is 13.8 Å². The Morgan fingerprint density at radius 3 is 2.56 bits per heavy atom. The number of aryl methyl sites for hydroxylation is 1. The van der Waals surface area contributed by atoms with Gasteiger partial charge in [-0.15, -0.1) is 0 Å². The molecule has 27 heavy (non-hydrogen) atoms. The maximum atomic E-state index is 13.3. The van der Waals surface area contributed by atoms with E-state index in [1.165, 1.54) is 25.1 Å². The average Bonchev–Trinajstić information content (AvgIpc) is 2.60. The third-order valence-electron chi connectivity index (χ3n) is 4.61. The highest BCUT2D eigenvalue weighted by Crippen LogP contribution is 2.19. The zero-order valence-corrected chi connectivity index (χ0v) is 16.0. The number of nitriles is 1. The summed E-state index contributed by atoms with van der Waals surface area (Å²) in [7, 11) is 0. The lowest BCUT2D eigenvalue weighted by molar-refractivity contribution is -0.130. The molecule has 0 aliphatic rings. The normalized spacial score (nSPS) is 14.3. The van der Waals surface area contributed by atoms with Gasteiger partial charge in [-0.3, -0.25) is 9.78 Å². The second-order valence-electron chi connectivity index (χ2n) is 6.96. The van der Waals surface area contributed by atoms with Crippen LogP contribution < -0.4 is 5.32 Å². The van der Waals surface area contributed by atoms with Crippen LogP contribution in [0.3, 0.4) is 0 Å². The van der Waals surface area contributed by atoms with Gasteiger partial charge in [0.15, 0.2) is 6.10 Å². The molecule has 2 rings (SSSR count). The number of nitrogens with one attached hydrogen (secondary N) is 1. The molecule has 142 valence electrons. The van der Waals surface area contributed by atoms with E-state index in [4.69, 9.17) is 4.74 Å². The van der Waals surface area contributed by atoms with Crippen molar-refractivity contribution in [1.29, 1.82) is 5.26 Å². The minimum absolute atomic E-state index is 0.123. The Labute approximate surface area is 157 Å². The fourth-order valence-electron chi connectivity index (χ4n) is 2.38. The number of amides is 1. The molecule has 1 heterocycles. The summed E-state index contributed by atoms with van der Waals surface area (Å²) in [5.41, 5.74) is -0.0746. The van der Waals surface area contributed by atoms with E-state index in [1.807, 2.05) is 13.8 Å². The van der Waals surface area contributed by atoms with Crippen LogP contribution in [0.4, 0.5) is 4.39 Å². The summed E-state index contributed by atoms with van der Waals surface area (Å²) in [6.45, 7) is 8.28. The van der Waals surface area contributed by atoms with Crippen molar-refractivity contribution in [1.82, 2.24) is 10.3 Å². The third kappa shape index (κ3) is 4.40. The smallest absolute Gasteiger partial charge is 0.340 e. The Kier molecular flexibility index (Phi) is 5.79. The first kappa shape index (κ1) is 20.3. The van der Waals surface area contributed by atoms with Crippen molar-refractivity contribution in [3.8, 4) is 6.07 Å². The van der Waals surface area contributed by atoms with Gasteiger partial charge in [-0.2, -0.15) is 5.26 Å². The van der Waals surface area contributed by atoms with Crippen LogP contribution in [-0.4, -0.2) is 28.5 Å². The second-order valence-corrected chi connectivity index (χ2v) is 6.96. The summed E-state index contributed by atoms with van der Waals surface area (Å²) >= 11 is 0. The molecule has 2 atom stereocenters. The Balaban J connectivity index is 2.18. The molecule has 0 bridgehead atoms. The number of carbonyl (C=O) groups is 2. The van der Waals surface area contributed by atoms with Crippen LogP contribution in [0.1, 0.15) is 43.7 Å². The molecular weight excluding hydrogens is 349 g/mol. The molecule has 0 radical (unpaired) electrons. The summed E-state index contributed by atoms with van der Waals surface area (Å²) in [5, 5.41) is 12.5. The van der Waals surface area contributed by atoms with Crippen molar-refractivity contribution >= 4 is 22.8 Å². The number of carbonyl (C=O) groups excluding carboxylic acids is 2. The number of rotatable bonds is 5. The predicted molar refractivity (Wildman–Crippen MR) is 98.3 cm³/mol. The number of hydrogen-bond donors (Lipinski definition) is 1. The highest BCUT2D eigenvalue weighted by Gasteiger charge is 2.32. The zero-order chi connectivity index (χ0) is 20.4. The number of ether oxygens (including phenoxy) is 1. The van der Waals surface area contributed by atoms with Crippen molar-refractivity contribution in [3.05, 3.63) is 41.3 Å². The molecule has 6 nitrogen and oxygen atoms in total. The second kappa shape index (κ2) is 7.70. The van der Waals surface area contributed by atoms with Crippen LogP contribution in [0, 0.1) is 30.0 Å². The topological polar surface area (TPSA) is 92.1 Å². The monoisotopic (exact) mass is 371 g/mol. The number of hydrogen-bond acceptors (Lipinski definition) is 5. The third-order valence-corrected chi connectivity index (χ3v) is 4.61. The van der Waals surface area contributed by atoms with Crippen LogP contribution in [0.15, 0.2) is 24.3 Å². The van der Waals surface area contributed by atoms with E-state index < -0.39 is 29.3 Å². The van der Waals surface area contributed by atoms with Crippen LogP contribution in [0.5, 0.6) is 0 Å². The van der Waals surface area contributed by atoms with E-state index in [-0.39, 0.29) is 11.5 Å². The van der Waals surface area contributed by atoms with Crippen molar-refractivity contribution < 1.29 is 18.7 Å². The van der Waals surface area contributed by atoms with E-state index >= 15 is 0 Å². The molecule has 1 N–H and O–H groups in total. The van der Waals surface area contributed by atoms with Crippen LogP contribution in [0.2, 0.25) is 0 Å². The summed E-state index contributed by atoms with van der Waals surface area (Å²) in [6.07, 6.45) is -1.09. The summed E-state index contributed by atoms with van der Waals surface area (Å²) < 4.78 is 18.6. The van der Waals surface area contributed by atoms with Crippen molar-refractivity contribution in [2.45, 2.75) is 46.3 Å². The molecular formula is C20H22FN3O3. The van der Waals surface area contributed by atoms with Gasteiger partial charge >= 0.3 is 5.97 Å². The van der Waals surface area contributed by atoms with Crippen LogP contribution >= 0.6 is 0 Å². The number of halogens is 1. The summed E-state index contributed by atoms with van der Waals surface area (Å²) in [5.74, 6) is -1.81. The molecule has 0 aliphatic carbocycles. The lowest BCUT2D eigenvalue weighted by atomic mass is 9.90. The first-order chi connectivity index (χ1) is 12.6. The molecule has 1 amide bonds. The van der Waals surface area contributed by atoms with Crippen molar-refractivity contribution in [3.63, 3.8) is 0 Å². The Bertz CT molecular complexity index is 936. The van der Waals surface area contributed by atoms with E-state index in [2.05, 4.69) is 16.4 Å². The van der Waals surface area contributed by atoms with Gasteiger partial charge in [0, 0.05) is 11.5 Å². The van der Waals surface area contributed by atoms with Gasteiger partial charge in [-0.05, 0) is 44.9 Å². The van der Waals surface area contributed by atoms with E-state index in [0.717, 1.165) is 0 Å².